The molecular weight excluding hydrogens is 452 g/mol. The molecule has 8 heteroatoms. The van der Waals surface area contributed by atoms with Gasteiger partial charge in [0.25, 0.3) is 0 Å². The maximum absolute atomic E-state index is 12.6. The number of piperazine rings is 1. The minimum absolute atomic E-state index is 0.132. The Labute approximate surface area is 208 Å². The van der Waals surface area contributed by atoms with Gasteiger partial charge >= 0.3 is 6.09 Å². The molecule has 1 fully saturated rings. The van der Waals surface area contributed by atoms with Gasteiger partial charge < -0.3 is 19.3 Å². The highest BCUT2D eigenvalue weighted by Gasteiger charge is 2.32. The number of carbonyl (C=O) groups is 1. The van der Waals surface area contributed by atoms with Gasteiger partial charge in [-0.25, -0.2) is 4.79 Å². The standard InChI is InChI=1S/C26H37ClN4O3/c1-6-21-19-30(25(32)34-26(2,3)4)14-15-31(21)22-12-13-23(27)28-24(22)33-17-16-29(5)18-20-10-8-7-9-11-20/h7-13,21H,6,14-19H2,1-5H3/t21-/m1/s1. The van der Waals surface area contributed by atoms with Gasteiger partial charge in [-0.05, 0) is 51.9 Å². The van der Waals surface area contributed by atoms with Crippen LogP contribution in [0.1, 0.15) is 39.7 Å². The molecule has 1 amide bonds. The summed E-state index contributed by atoms with van der Waals surface area (Å²) in [5.74, 6) is 0.532. The number of aromatic nitrogens is 1. The quantitative estimate of drug-likeness (QED) is 0.483. The first-order chi connectivity index (χ1) is 16.2. The normalized spacial score (nSPS) is 16.6. The van der Waals surface area contributed by atoms with Crippen molar-refractivity contribution in [2.45, 2.75) is 52.3 Å². The fraction of sp³-hybridized carbons (Fsp3) is 0.538. The molecule has 1 aliphatic rings. The monoisotopic (exact) mass is 488 g/mol. The molecule has 0 N–H and O–H groups in total. The summed E-state index contributed by atoms with van der Waals surface area (Å²) in [4.78, 5) is 23.3. The van der Waals surface area contributed by atoms with Crippen molar-refractivity contribution in [3.8, 4) is 5.88 Å². The lowest BCUT2D eigenvalue weighted by atomic mass is 10.1. The van der Waals surface area contributed by atoms with Crippen molar-refractivity contribution in [3.05, 3.63) is 53.2 Å². The predicted octanol–water partition coefficient (Wildman–Crippen LogP) is 5.08. The molecule has 1 saturated heterocycles. The van der Waals surface area contributed by atoms with Crippen molar-refractivity contribution in [1.29, 1.82) is 0 Å². The van der Waals surface area contributed by atoms with Gasteiger partial charge in [-0.2, -0.15) is 4.98 Å². The molecule has 3 rings (SSSR count). The van der Waals surface area contributed by atoms with Crippen LogP contribution in [0, 0.1) is 0 Å². The van der Waals surface area contributed by atoms with Crippen LogP contribution in [0.4, 0.5) is 10.5 Å². The molecule has 1 aromatic heterocycles. The molecule has 1 aromatic carbocycles. The van der Waals surface area contributed by atoms with Crippen molar-refractivity contribution >= 4 is 23.4 Å². The van der Waals surface area contributed by atoms with Crippen molar-refractivity contribution in [2.75, 3.05) is 44.7 Å². The number of nitrogens with zero attached hydrogens (tertiary/aromatic N) is 4. The van der Waals surface area contributed by atoms with E-state index in [2.05, 4.69) is 53.0 Å². The van der Waals surface area contributed by atoms with Gasteiger partial charge in [-0.15, -0.1) is 0 Å². The largest absolute Gasteiger partial charge is 0.475 e. The maximum Gasteiger partial charge on any atom is 0.410 e. The number of rotatable bonds is 8. The highest BCUT2D eigenvalue weighted by Crippen LogP contribution is 2.32. The Hall–Kier alpha value is -2.51. The minimum atomic E-state index is -0.509. The Morgan fingerprint density at radius 1 is 1.18 bits per heavy atom. The average Bonchev–Trinajstić information content (AvgIpc) is 2.78. The molecule has 0 spiro atoms. The van der Waals surface area contributed by atoms with Gasteiger partial charge in [-0.1, -0.05) is 48.9 Å². The van der Waals surface area contributed by atoms with Crippen molar-refractivity contribution in [2.24, 2.45) is 0 Å². The Bertz CT molecular complexity index is 935. The van der Waals surface area contributed by atoms with Crippen LogP contribution in [0.2, 0.25) is 5.15 Å². The fourth-order valence-electron chi connectivity index (χ4n) is 4.02. The van der Waals surface area contributed by atoms with Crippen LogP contribution in [0.5, 0.6) is 5.88 Å². The molecule has 2 heterocycles. The number of anilines is 1. The van der Waals surface area contributed by atoms with Gasteiger partial charge in [0.15, 0.2) is 0 Å². The van der Waals surface area contributed by atoms with Gasteiger partial charge in [0, 0.05) is 38.8 Å². The fourth-order valence-corrected chi connectivity index (χ4v) is 4.16. The SMILES string of the molecule is CC[C@@H]1CN(C(=O)OC(C)(C)C)CCN1c1ccc(Cl)nc1OCCN(C)Cc1ccccc1. The number of hydrogen-bond acceptors (Lipinski definition) is 6. The van der Waals surface area contributed by atoms with E-state index in [9.17, 15) is 4.79 Å². The topological polar surface area (TPSA) is 58.1 Å². The number of pyridine rings is 1. The first kappa shape index (κ1) is 26.1. The Morgan fingerprint density at radius 2 is 1.91 bits per heavy atom. The summed E-state index contributed by atoms with van der Waals surface area (Å²) in [6.07, 6.45) is 0.610. The van der Waals surface area contributed by atoms with E-state index in [0.29, 0.717) is 37.3 Å². The predicted molar refractivity (Wildman–Crippen MR) is 137 cm³/mol. The molecule has 2 aromatic rings. The molecule has 0 bridgehead atoms. The maximum atomic E-state index is 12.6. The molecule has 1 atom stereocenters. The van der Waals surface area contributed by atoms with Gasteiger partial charge in [0.05, 0.1) is 0 Å². The minimum Gasteiger partial charge on any atom is -0.475 e. The molecule has 0 saturated carbocycles. The van der Waals surface area contributed by atoms with E-state index in [-0.39, 0.29) is 12.1 Å². The van der Waals surface area contributed by atoms with Gasteiger partial charge in [0.2, 0.25) is 5.88 Å². The highest BCUT2D eigenvalue weighted by molar-refractivity contribution is 6.29. The molecule has 7 nitrogen and oxygen atoms in total. The number of benzene rings is 1. The van der Waals surface area contributed by atoms with Crippen LogP contribution in [-0.4, -0.2) is 72.4 Å². The molecule has 34 heavy (non-hydrogen) atoms. The van der Waals surface area contributed by atoms with E-state index >= 15 is 0 Å². The lowest BCUT2D eigenvalue weighted by Crippen LogP contribution is -2.55. The third kappa shape index (κ3) is 7.50. The van der Waals surface area contributed by atoms with Crippen LogP contribution < -0.4 is 9.64 Å². The second kappa shape index (κ2) is 11.8. The summed E-state index contributed by atoms with van der Waals surface area (Å²) < 4.78 is 11.7. The van der Waals surface area contributed by atoms with E-state index in [4.69, 9.17) is 21.1 Å². The number of amides is 1. The second-order valence-corrected chi connectivity index (χ2v) is 10.1. The summed E-state index contributed by atoms with van der Waals surface area (Å²) in [5.41, 5.74) is 1.66. The van der Waals surface area contributed by atoms with Crippen LogP contribution in [0.15, 0.2) is 42.5 Å². The molecule has 186 valence electrons. The summed E-state index contributed by atoms with van der Waals surface area (Å²) >= 11 is 6.21. The highest BCUT2D eigenvalue weighted by atomic mass is 35.5. The van der Waals surface area contributed by atoms with Crippen LogP contribution >= 0.6 is 11.6 Å². The van der Waals surface area contributed by atoms with E-state index in [1.54, 1.807) is 11.0 Å². The van der Waals surface area contributed by atoms with E-state index in [0.717, 1.165) is 25.2 Å². The summed E-state index contributed by atoms with van der Waals surface area (Å²) in [6, 6.07) is 14.2. The van der Waals surface area contributed by atoms with Crippen LogP contribution in [0.25, 0.3) is 0 Å². The Balaban J connectivity index is 1.63. The first-order valence-electron chi connectivity index (χ1n) is 11.9. The van der Waals surface area contributed by atoms with Crippen molar-refractivity contribution in [1.82, 2.24) is 14.8 Å². The van der Waals surface area contributed by atoms with Crippen LogP contribution in [0.3, 0.4) is 0 Å². The third-order valence-corrected chi connectivity index (χ3v) is 5.94. The number of likely N-dealkylation sites (N-methyl/N-ethyl adjacent to an activating group) is 1. The molecule has 0 radical (unpaired) electrons. The van der Waals surface area contributed by atoms with E-state index < -0.39 is 5.60 Å². The van der Waals surface area contributed by atoms with Gasteiger partial charge in [0.1, 0.15) is 23.0 Å². The zero-order chi connectivity index (χ0) is 24.7. The van der Waals surface area contributed by atoms with E-state index in [1.165, 1.54) is 5.56 Å². The zero-order valence-electron chi connectivity index (χ0n) is 21.0. The second-order valence-electron chi connectivity index (χ2n) is 9.71. The molecule has 0 aliphatic carbocycles. The molecular formula is C26H37ClN4O3. The summed E-state index contributed by atoms with van der Waals surface area (Å²) in [7, 11) is 2.08. The number of halogens is 1. The summed E-state index contributed by atoms with van der Waals surface area (Å²) in [6.45, 7) is 11.7. The first-order valence-corrected chi connectivity index (χ1v) is 12.3. The molecule has 0 unspecified atom stereocenters. The average molecular weight is 489 g/mol. The number of hydrogen-bond donors (Lipinski definition) is 0. The summed E-state index contributed by atoms with van der Waals surface area (Å²) in [5, 5.41) is 0.400. The Kier molecular flexibility index (Phi) is 9.03. The third-order valence-electron chi connectivity index (χ3n) is 5.73. The number of ether oxygens (including phenoxy) is 2. The smallest absolute Gasteiger partial charge is 0.410 e. The molecule has 1 aliphatic heterocycles. The van der Waals surface area contributed by atoms with Crippen LogP contribution in [-0.2, 0) is 11.3 Å². The van der Waals surface area contributed by atoms with Crippen molar-refractivity contribution in [3.63, 3.8) is 0 Å². The van der Waals surface area contributed by atoms with Crippen molar-refractivity contribution < 1.29 is 14.3 Å². The number of carbonyl (C=O) groups excluding carboxylic acids is 1. The Morgan fingerprint density at radius 3 is 2.59 bits per heavy atom. The lowest BCUT2D eigenvalue weighted by Gasteiger charge is -2.42. The van der Waals surface area contributed by atoms with E-state index in [1.807, 2.05) is 32.9 Å². The zero-order valence-corrected chi connectivity index (χ0v) is 21.7. The van der Waals surface area contributed by atoms with Gasteiger partial charge in [-0.3, -0.25) is 4.90 Å². The lowest BCUT2D eigenvalue weighted by molar-refractivity contribution is 0.0213.